The van der Waals surface area contributed by atoms with Gasteiger partial charge in [0.2, 0.25) is 0 Å². The maximum atomic E-state index is 9.37. The number of hydrogen-bond donors (Lipinski definition) is 2. The highest BCUT2D eigenvalue weighted by Crippen LogP contribution is 2.65. The fourth-order valence-corrected chi connectivity index (χ4v) is 5.54. The molecule has 4 bridgehead atoms. The monoisotopic (exact) mass is 253 g/mol. The average molecular weight is 253 g/mol. The van der Waals surface area contributed by atoms with Gasteiger partial charge in [-0.05, 0) is 55.3 Å². The number of hydrogen-bond acceptors (Lipinski definition) is 2. The first-order chi connectivity index (χ1) is 8.18. The van der Waals surface area contributed by atoms with E-state index in [1.54, 1.807) is 6.92 Å². The normalized spacial score (nSPS) is 48.6. The Balaban J connectivity index is 0.000000209. The summed E-state index contributed by atoms with van der Waals surface area (Å²) in [4.78, 5) is 9.37. The second kappa shape index (κ2) is 4.22. The van der Waals surface area contributed by atoms with Gasteiger partial charge in [-0.3, -0.25) is 4.79 Å². The number of carboxylic acids is 1. The molecule has 0 aromatic heterocycles. The molecule has 18 heavy (non-hydrogen) atoms. The Hall–Kier alpha value is -0.570. The number of carboxylic acid groups (broad SMARTS) is 1. The Morgan fingerprint density at radius 2 is 1.61 bits per heavy atom. The summed E-state index contributed by atoms with van der Waals surface area (Å²) in [5.41, 5.74) is 7.92. The van der Waals surface area contributed by atoms with Crippen molar-refractivity contribution in [3.63, 3.8) is 0 Å². The Bertz CT molecular complexity index is 302. The van der Waals surface area contributed by atoms with Crippen molar-refractivity contribution in [1.29, 1.82) is 0 Å². The summed E-state index contributed by atoms with van der Waals surface area (Å²) in [7, 11) is 0. The van der Waals surface area contributed by atoms with Crippen LogP contribution in [-0.2, 0) is 4.79 Å². The minimum atomic E-state index is -0.745. The summed E-state index contributed by atoms with van der Waals surface area (Å²) >= 11 is 0. The van der Waals surface area contributed by atoms with Crippen LogP contribution in [0.2, 0.25) is 0 Å². The van der Waals surface area contributed by atoms with Gasteiger partial charge in [0.1, 0.15) is 0 Å². The molecule has 2 atom stereocenters. The van der Waals surface area contributed by atoms with Gasteiger partial charge in [-0.15, -0.1) is 0 Å². The molecule has 104 valence electrons. The molecule has 0 radical (unpaired) electrons. The molecule has 4 fully saturated rings. The van der Waals surface area contributed by atoms with Gasteiger partial charge < -0.3 is 10.8 Å². The number of aliphatic carboxylic acids is 1. The summed E-state index contributed by atoms with van der Waals surface area (Å²) in [6, 6.07) is 0. The molecule has 0 aliphatic heterocycles. The summed E-state index contributed by atoms with van der Waals surface area (Å²) in [5, 5.41) is 7.72. The molecule has 3 N–H and O–H groups in total. The van der Waals surface area contributed by atoms with Gasteiger partial charge in [-0.1, -0.05) is 20.8 Å². The smallest absolute Gasteiger partial charge is 0.303 e. The third kappa shape index (κ3) is 2.71. The molecule has 0 heterocycles. The van der Waals surface area contributed by atoms with Crippen LogP contribution in [0.15, 0.2) is 0 Å². The zero-order valence-corrected chi connectivity index (χ0v) is 12.0. The van der Waals surface area contributed by atoms with Crippen LogP contribution in [0, 0.1) is 16.7 Å². The predicted molar refractivity (Wildman–Crippen MR) is 72.3 cm³/mol. The molecule has 4 rings (SSSR count). The zero-order chi connectivity index (χ0) is 13.6. The fraction of sp³-hybridized carbons (Fsp3) is 0.933. The third-order valence-electron chi connectivity index (χ3n) is 4.97. The van der Waals surface area contributed by atoms with E-state index >= 15 is 0 Å². The van der Waals surface area contributed by atoms with Crippen molar-refractivity contribution >= 4 is 5.97 Å². The van der Waals surface area contributed by atoms with Crippen LogP contribution in [0.3, 0.4) is 0 Å². The van der Waals surface area contributed by atoms with Gasteiger partial charge in [-0.2, -0.15) is 0 Å². The second-order valence-corrected chi connectivity index (χ2v) is 7.74. The molecule has 4 saturated carbocycles. The summed E-state index contributed by atoms with van der Waals surface area (Å²) < 4.78 is 0. The van der Waals surface area contributed by atoms with Crippen LogP contribution in [0.5, 0.6) is 0 Å². The van der Waals surface area contributed by atoms with Gasteiger partial charge >= 0.3 is 5.97 Å². The van der Waals surface area contributed by atoms with Gasteiger partial charge in [0.05, 0.1) is 0 Å². The van der Waals surface area contributed by atoms with Gasteiger partial charge in [0.15, 0.2) is 0 Å². The highest BCUT2D eigenvalue weighted by molar-refractivity contribution is 5.66. The predicted octanol–water partition coefficient (Wildman–Crippen LogP) is 3.18. The molecule has 0 amide bonds. The van der Waals surface area contributed by atoms with E-state index in [0.717, 1.165) is 5.92 Å². The Morgan fingerprint density at radius 1 is 1.17 bits per heavy atom. The van der Waals surface area contributed by atoms with Crippen molar-refractivity contribution < 1.29 is 9.90 Å². The van der Waals surface area contributed by atoms with E-state index in [1.807, 2.05) is 0 Å². The SMILES string of the molecule is CC12CC3CC(C)(C1)CC(N)(C3)C2.CCC(=O)O. The van der Waals surface area contributed by atoms with Crippen molar-refractivity contribution in [2.45, 2.75) is 71.3 Å². The molecule has 4 aliphatic rings. The van der Waals surface area contributed by atoms with E-state index in [2.05, 4.69) is 13.8 Å². The molecule has 0 aromatic carbocycles. The molecule has 2 unspecified atom stereocenters. The van der Waals surface area contributed by atoms with Crippen LogP contribution in [-0.4, -0.2) is 16.6 Å². The summed E-state index contributed by atoms with van der Waals surface area (Å²) in [5.74, 6) is 0.209. The molecule has 0 aromatic rings. The van der Waals surface area contributed by atoms with Crippen molar-refractivity contribution in [3.8, 4) is 0 Å². The van der Waals surface area contributed by atoms with E-state index < -0.39 is 5.97 Å². The lowest BCUT2D eigenvalue weighted by molar-refractivity contribution is -0.136. The third-order valence-corrected chi connectivity index (χ3v) is 4.97. The van der Waals surface area contributed by atoms with Crippen LogP contribution in [0.4, 0.5) is 0 Å². The largest absolute Gasteiger partial charge is 0.481 e. The summed E-state index contributed by atoms with van der Waals surface area (Å²) in [6.45, 7) is 6.54. The van der Waals surface area contributed by atoms with Crippen molar-refractivity contribution in [2.75, 3.05) is 0 Å². The summed E-state index contributed by atoms with van der Waals surface area (Å²) in [6.07, 6.45) is 8.49. The molecular formula is C15H27NO2. The minimum absolute atomic E-state index is 0.222. The van der Waals surface area contributed by atoms with Crippen molar-refractivity contribution in [1.82, 2.24) is 0 Å². The minimum Gasteiger partial charge on any atom is -0.481 e. The van der Waals surface area contributed by atoms with Crippen LogP contribution in [0.1, 0.15) is 65.7 Å². The van der Waals surface area contributed by atoms with Gasteiger partial charge in [-0.25, -0.2) is 0 Å². The first kappa shape index (κ1) is 13.9. The first-order valence-electron chi connectivity index (χ1n) is 7.18. The lowest BCUT2D eigenvalue weighted by Crippen LogP contribution is -2.62. The number of rotatable bonds is 1. The number of nitrogens with two attached hydrogens (primary N) is 1. The fourth-order valence-electron chi connectivity index (χ4n) is 5.54. The maximum Gasteiger partial charge on any atom is 0.303 e. The highest BCUT2D eigenvalue weighted by atomic mass is 16.4. The average Bonchev–Trinajstić information content (AvgIpc) is 2.10. The second-order valence-electron chi connectivity index (χ2n) is 7.74. The molecule has 4 aliphatic carbocycles. The van der Waals surface area contributed by atoms with Crippen LogP contribution in [0.25, 0.3) is 0 Å². The molecule has 3 nitrogen and oxygen atoms in total. The topological polar surface area (TPSA) is 63.3 Å². The molecule has 3 heteroatoms. The molecule has 0 saturated heterocycles. The quantitative estimate of drug-likeness (QED) is 0.754. The maximum absolute atomic E-state index is 9.37. The molecular weight excluding hydrogens is 226 g/mol. The number of carbonyl (C=O) groups is 1. The van der Waals surface area contributed by atoms with Crippen molar-refractivity contribution in [2.24, 2.45) is 22.5 Å². The Labute approximate surface area is 110 Å². The van der Waals surface area contributed by atoms with E-state index in [-0.39, 0.29) is 12.0 Å². The Morgan fingerprint density at radius 3 is 1.89 bits per heavy atom. The van der Waals surface area contributed by atoms with E-state index in [9.17, 15) is 4.79 Å². The highest BCUT2D eigenvalue weighted by Gasteiger charge is 2.58. The standard InChI is InChI=1S/C12H21N.C3H6O2/c1-10-3-9-4-11(2,6-10)8-12(13,5-9)7-10;1-2-3(4)5/h9H,3-8,13H2,1-2H3;2H2,1H3,(H,4,5). The van der Waals surface area contributed by atoms with E-state index in [1.165, 1.54) is 38.5 Å². The van der Waals surface area contributed by atoms with E-state index in [4.69, 9.17) is 10.8 Å². The van der Waals surface area contributed by atoms with Gasteiger partial charge in [0, 0.05) is 12.0 Å². The van der Waals surface area contributed by atoms with Crippen LogP contribution >= 0.6 is 0 Å². The Kier molecular flexibility index (Phi) is 3.25. The van der Waals surface area contributed by atoms with E-state index in [0.29, 0.717) is 10.8 Å². The van der Waals surface area contributed by atoms with Gasteiger partial charge in [0.25, 0.3) is 0 Å². The lowest BCUT2D eigenvalue weighted by atomic mass is 9.43. The lowest BCUT2D eigenvalue weighted by Gasteiger charge is -2.64. The van der Waals surface area contributed by atoms with Crippen molar-refractivity contribution in [3.05, 3.63) is 0 Å². The zero-order valence-electron chi connectivity index (χ0n) is 12.0. The first-order valence-corrected chi connectivity index (χ1v) is 7.18. The van der Waals surface area contributed by atoms with Crippen LogP contribution < -0.4 is 5.73 Å². The molecule has 0 spiro atoms.